The van der Waals surface area contributed by atoms with E-state index in [1.165, 1.54) is 0 Å². The molecule has 0 saturated carbocycles. The van der Waals surface area contributed by atoms with E-state index in [-0.39, 0.29) is 5.56 Å². The second-order valence-corrected chi connectivity index (χ2v) is 4.17. The monoisotopic (exact) mass is 273 g/mol. The van der Waals surface area contributed by atoms with Crippen LogP contribution in [0.4, 0.5) is 0 Å². The van der Waals surface area contributed by atoms with Crippen LogP contribution >= 0.6 is 15.9 Å². The van der Waals surface area contributed by atoms with Crippen LogP contribution in [-0.4, -0.2) is 22.6 Å². The van der Waals surface area contributed by atoms with Gasteiger partial charge in [-0.15, -0.1) is 0 Å². The third-order valence-corrected chi connectivity index (χ3v) is 2.73. The van der Waals surface area contributed by atoms with E-state index in [1.807, 2.05) is 6.92 Å². The van der Waals surface area contributed by atoms with Crippen LogP contribution in [0.2, 0.25) is 0 Å². The van der Waals surface area contributed by atoms with Gasteiger partial charge in [0.05, 0.1) is 0 Å². The van der Waals surface area contributed by atoms with Crippen molar-refractivity contribution in [1.82, 2.24) is 14.9 Å². The summed E-state index contributed by atoms with van der Waals surface area (Å²) in [5.41, 5.74) is -0.000927. The molecule has 1 rings (SSSR count). The average molecular weight is 274 g/mol. The van der Waals surface area contributed by atoms with Crippen LogP contribution < -0.4 is 10.9 Å². The van der Waals surface area contributed by atoms with E-state index in [4.69, 9.17) is 0 Å². The minimum absolute atomic E-state index is 0.000927. The Labute approximate surface area is 97.8 Å². The molecule has 0 aromatic carbocycles. The normalized spacial score (nSPS) is 10.6. The van der Waals surface area contributed by atoms with Crippen molar-refractivity contribution < 1.29 is 0 Å². The van der Waals surface area contributed by atoms with Crippen LogP contribution in [0.25, 0.3) is 0 Å². The summed E-state index contributed by atoms with van der Waals surface area (Å²) < 4.78 is 2.22. The Morgan fingerprint density at radius 3 is 3.00 bits per heavy atom. The minimum Gasteiger partial charge on any atom is -0.317 e. The molecule has 84 valence electrons. The standard InChI is InChI=1S/C10H16BrN3O/c1-3-12-5-4-6-14-8(2)13-7-9(11)10(14)15/h7,12H,3-6H2,1-2H3. The van der Waals surface area contributed by atoms with E-state index < -0.39 is 0 Å². The van der Waals surface area contributed by atoms with Gasteiger partial charge in [0.1, 0.15) is 10.3 Å². The molecule has 0 bridgehead atoms. The smallest absolute Gasteiger partial charge is 0.267 e. The molecule has 15 heavy (non-hydrogen) atoms. The molecule has 0 amide bonds. The van der Waals surface area contributed by atoms with Crippen LogP contribution in [0.3, 0.4) is 0 Å². The van der Waals surface area contributed by atoms with Crippen LogP contribution in [-0.2, 0) is 6.54 Å². The fourth-order valence-corrected chi connectivity index (χ4v) is 1.67. The summed E-state index contributed by atoms with van der Waals surface area (Å²) in [6.45, 7) is 6.52. The third-order valence-electron chi connectivity index (χ3n) is 2.19. The lowest BCUT2D eigenvalue weighted by Crippen LogP contribution is -2.26. The van der Waals surface area contributed by atoms with E-state index in [2.05, 4.69) is 33.2 Å². The molecular formula is C10H16BrN3O. The van der Waals surface area contributed by atoms with Gasteiger partial charge in [-0.3, -0.25) is 9.36 Å². The predicted molar refractivity (Wildman–Crippen MR) is 64.1 cm³/mol. The summed E-state index contributed by atoms with van der Waals surface area (Å²) in [6, 6.07) is 0. The fraction of sp³-hybridized carbons (Fsp3) is 0.600. The van der Waals surface area contributed by atoms with Crippen LogP contribution in [0.1, 0.15) is 19.2 Å². The molecule has 0 unspecified atom stereocenters. The second kappa shape index (κ2) is 6.02. The molecule has 1 aromatic heterocycles. The van der Waals surface area contributed by atoms with Crippen molar-refractivity contribution in [2.45, 2.75) is 26.8 Å². The first-order chi connectivity index (χ1) is 7.16. The summed E-state index contributed by atoms with van der Waals surface area (Å²) in [4.78, 5) is 15.8. The van der Waals surface area contributed by atoms with E-state index in [0.717, 1.165) is 25.3 Å². The summed E-state index contributed by atoms with van der Waals surface area (Å²) in [6.07, 6.45) is 2.49. The highest BCUT2D eigenvalue weighted by molar-refractivity contribution is 9.10. The van der Waals surface area contributed by atoms with Gasteiger partial charge in [0.15, 0.2) is 0 Å². The van der Waals surface area contributed by atoms with Gasteiger partial charge >= 0.3 is 0 Å². The molecule has 1 heterocycles. The quantitative estimate of drug-likeness (QED) is 0.824. The van der Waals surface area contributed by atoms with Gasteiger partial charge in [0.2, 0.25) is 0 Å². The van der Waals surface area contributed by atoms with Crippen molar-refractivity contribution in [1.29, 1.82) is 0 Å². The first kappa shape index (κ1) is 12.4. The number of aromatic nitrogens is 2. The van der Waals surface area contributed by atoms with Gasteiger partial charge in [-0.05, 0) is 42.4 Å². The van der Waals surface area contributed by atoms with Gasteiger partial charge in [-0.1, -0.05) is 6.92 Å². The molecule has 0 saturated heterocycles. The van der Waals surface area contributed by atoms with Gasteiger partial charge in [-0.25, -0.2) is 4.98 Å². The maximum Gasteiger partial charge on any atom is 0.267 e. The molecule has 0 radical (unpaired) electrons. The molecule has 1 aromatic rings. The van der Waals surface area contributed by atoms with Crippen LogP contribution in [0.15, 0.2) is 15.5 Å². The minimum atomic E-state index is -0.000927. The number of rotatable bonds is 5. The van der Waals surface area contributed by atoms with E-state index in [1.54, 1.807) is 10.8 Å². The number of hydrogen-bond acceptors (Lipinski definition) is 3. The van der Waals surface area contributed by atoms with Gasteiger partial charge in [0, 0.05) is 12.7 Å². The summed E-state index contributed by atoms with van der Waals surface area (Å²) >= 11 is 3.19. The van der Waals surface area contributed by atoms with Gasteiger partial charge in [-0.2, -0.15) is 0 Å². The Balaban J connectivity index is 2.68. The SMILES string of the molecule is CCNCCCn1c(C)ncc(Br)c1=O. The van der Waals surface area contributed by atoms with Crippen molar-refractivity contribution in [3.05, 3.63) is 26.8 Å². The summed E-state index contributed by atoms with van der Waals surface area (Å²) in [5.74, 6) is 0.764. The maximum absolute atomic E-state index is 11.7. The Hall–Kier alpha value is -0.680. The Bertz CT molecular complexity index is 375. The first-order valence-electron chi connectivity index (χ1n) is 5.09. The Morgan fingerprint density at radius 2 is 2.33 bits per heavy atom. The lowest BCUT2D eigenvalue weighted by molar-refractivity contribution is 0.559. The van der Waals surface area contributed by atoms with Crippen LogP contribution in [0.5, 0.6) is 0 Å². The largest absolute Gasteiger partial charge is 0.317 e. The zero-order valence-corrected chi connectivity index (χ0v) is 10.7. The molecule has 1 N–H and O–H groups in total. The molecule has 0 aliphatic heterocycles. The third kappa shape index (κ3) is 3.43. The number of nitrogens with zero attached hydrogens (tertiary/aromatic N) is 2. The topological polar surface area (TPSA) is 46.9 Å². The fourth-order valence-electron chi connectivity index (χ4n) is 1.35. The Kier molecular flexibility index (Phi) is 4.98. The number of hydrogen-bond donors (Lipinski definition) is 1. The van der Waals surface area contributed by atoms with Gasteiger partial charge in [0.25, 0.3) is 5.56 Å². The molecule has 0 atom stereocenters. The molecule has 0 aliphatic rings. The second-order valence-electron chi connectivity index (χ2n) is 3.32. The van der Waals surface area contributed by atoms with E-state index >= 15 is 0 Å². The van der Waals surface area contributed by atoms with Crippen molar-refractivity contribution in [3.63, 3.8) is 0 Å². The molecule has 0 fully saturated rings. The highest BCUT2D eigenvalue weighted by atomic mass is 79.9. The Morgan fingerprint density at radius 1 is 1.60 bits per heavy atom. The lowest BCUT2D eigenvalue weighted by Gasteiger charge is -2.09. The average Bonchev–Trinajstić information content (AvgIpc) is 2.23. The van der Waals surface area contributed by atoms with Crippen molar-refractivity contribution >= 4 is 15.9 Å². The van der Waals surface area contributed by atoms with Crippen molar-refractivity contribution in [2.24, 2.45) is 0 Å². The van der Waals surface area contributed by atoms with Gasteiger partial charge < -0.3 is 5.32 Å². The van der Waals surface area contributed by atoms with Crippen molar-refractivity contribution in [3.8, 4) is 0 Å². The number of aryl methyl sites for hydroxylation is 1. The molecule has 0 spiro atoms. The molecular weight excluding hydrogens is 258 g/mol. The summed E-state index contributed by atoms with van der Waals surface area (Å²) in [7, 11) is 0. The predicted octanol–water partition coefficient (Wildman–Crippen LogP) is 1.31. The highest BCUT2D eigenvalue weighted by Gasteiger charge is 2.04. The zero-order valence-electron chi connectivity index (χ0n) is 9.09. The summed E-state index contributed by atoms with van der Waals surface area (Å²) in [5, 5.41) is 3.22. The van der Waals surface area contributed by atoms with Crippen molar-refractivity contribution in [2.75, 3.05) is 13.1 Å². The highest BCUT2D eigenvalue weighted by Crippen LogP contribution is 2.01. The number of nitrogens with one attached hydrogen (secondary N) is 1. The van der Waals surface area contributed by atoms with E-state index in [9.17, 15) is 4.79 Å². The molecule has 4 nitrogen and oxygen atoms in total. The molecule has 0 aliphatic carbocycles. The van der Waals surface area contributed by atoms with Crippen LogP contribution in [0, 0.1) is 6.92 Å². The lowest BCUT2D eigenvalue weighted by atomic mass is 10.4. The van der Waals surface area contributed by atoms with E-state index in [0.29, 0.717) is 11.0 Å². The first-order valence-corrected chi connectivity index (χ1v) is 5.88. The maximum atomic E-state index is 11.7. The zero-order chi connectivity index (χ0) is 11.3. The molecule has 5 heteroatoms. The number of halogens is 1.